The highest BCUT2D eigenvalue weighted by Gasteiger charge is 2.19. The Hall–Kier alpha value is -3.15. The van der Waals surface area contributed by atoms with E-state index in [1.807, 2.05) is 0 Å². The molecule has 0 radical (unpaired) electrons. The fourth-order valence-corrected chi connectivity index (χ4v) is 8.45. The molecule has 1 unspecified atom stereocenters. The summed E-state index contributed by atoms with van der Waals surface area (Å²) in [7, 11) is 0. The maximum atomic E-state index is 12.9. The van der Waals surface area contributed by atoms with Gasteiger partial charge in [-0.05, 0) is 83.5 Å². The van der Waals surface area contributed by atoms with E-state index in [1.165, 1.54) is 148 Å². The second kappa shape index (κ2) is 58.4. The molecule has 0 spiro atoms. The first kappa shape index (κ1) is 66.9. The van der Waals surface area contributed by atoms with Gasteiger partial charge in [0, 0.05) is 19.3 Å². The first-order valence-corrected chi connectivity index (χ1v) is 29.9. The molecule has 0 bridgehead atoms. The molecule has 0 saturated heterocycles. The van der Waals surface area contributed by atoms with E-state index in [-0.39, 0.29) is 31.1 Å². The molecular weight excluding hydrogens is 865 g/mol. The minimum atomic E-state index is -0.786. The number of hydrogen-bond donors (Lipinski definition) is 0. The molecule has 0 aliphatic heterocycles. The number of hydrogen-bond acceptors (Lipinski definition) is 6. The van der Waals surface area contributed by atoms with Crippen LogP contribution in [-0.2, 0) is 28.6 Å². The number of carbonyl (C=O) groups excluding carboxylic acids is 3. The van der Waals surface area contributed by atoms with E-state index < -0.39 is 6.10 Å². The average Bonchev–Trinajstić information content (AvgIpc) is 3.36. The zero-order valence-electron chi connectivity index (χ0n) is 46.3. The van der Waals surface area contributed by atoms with E-state index in [9.17, 15) is 14.4 Å². The summed E-state index contributed by atoms with van der Waals surface area (Å²) in [4.78, 5) is 38.2. The molecule has 0 aliphatic rings. The normalized spacial score (nSPS) is 12.6. The predicted molar refractivity (Wildman–Crippen MR) is 302 cm³/mol. The van der Waals surface area contributed by atoms with E-state index in [0.29, 0.717) is 19.3 Å². The lowest BCUT2D eigenvalue weighted by Crippen LogP contribution is -2.30. The number of rotatable bonds is 54. The maximum Gasteiger partial charge on any atom is 0.306 e. The van der Waals surface area contributed by atoms with Crippen molar-refractivity contribution in [2.24, 2.45) is 0 Å². The van der Waals surface area contributed by atoms with Crippen LogP contribution in [-0.4, -0.2) is 37.2 Å². The number of ether oxygens (including phenoxy) is 3. The summed E-state index contributed by atoms with van der Waals surface area (Å²) in [5.74, 6) is -0.899. The number of carbonyl (C=O) groups is 3. The Morgan fingerprint density at radius 2 is 0.571 bits per heavy atom. The summed E-state index contributed by atoms with van der Waals surface area (Å²) >= 11 is 0. The highest BCUT2D eigenvalue weighted by atomic mass is 16.6. The Morgan fingerprint density at radius 1 is 0.300 bits per heavy atom. The van der Waals surface area contributed by atoms with Crippen molar-refractivity contribution in [3.05, 3.63) is 72.9 Å². The Morgan fingerprint density at radius 3 is 0.914 bits per heavy atom. The van der Waals surface area contributed by atoms with E-state index in [1.54, 1.807) is 0 Å². The van der Waals surface area contributed by atoms with Gasteiger partial charge in [0.15, 0.2) is 6.10 Å². The van der Waals surface area contributed by atoms with E-state index in [4.69, 9.17) is 14.2 Å². The Bertz CT molecular complexity index is 1310. The van der Waals surface area contributed by atoms with Crippen LogP contribution in [0.3, 0.4) is 0 Å². The second-order valence-corrected chi connectivity index (χ2v) is 19.9. The summed E-state index contributed by atoms with van der Waals surface area (Å²) in [6, 6.07) is 0. The van der Waals surface area contributed by atoms with Crippen LogP contribution >= 0.6 is 0 Å². The lowest BCUT2D eigenvalue weighted by atomic mass is 10.0. The molecule has 70 heavy (non-hydrogen) atoms. The summed E-state index contributed by atoms with van der Waals surface area (Å²) in [6.07, 6.45) is 74.6. The molecule has 0 aromatic carbocycles. The standard InChI is InChI=1S/C64H112O6/c1-4-7-10-13-16-19-22-25-28-30-32-34-36-39-42-45-48-51-54-57-63(66)69-60-61(59-68-62(65)56-53-50-47-44-41-38-27-24-21-18-15-12-9-6-3)70-64(67)58-55-52-49-46-43-40-37-35-33-31-29-26-23-20-17-14-11-8-5-2/h7,10,15-16,18-19,24-25,27-28,32,34,61H,4-6,8-9,11-14,17,20-23,26,29-31,33,35-60H2,1-3H3/b10-7-,18-15-,19-16-,27-24-,28-25-,34-32-. The summed E-state index contributed by atoms with van der Waals surface area (Å²) in [5, 5.41) is 0. The van der Waals surface area contributed by atoms with Crippen LogP contribution < -0.4 is 0 Å². The number of esters is 3. The Kier molecular flexibility index (Phi) is 55.8. The predicted octanol–water partition coefficient (Wildman–Crippen LogP) is 20.2. The molecule has 0 heterocycles. The molecule has 6 heteroatoms. The quantitative estimate of drug-likeness (QED) is 0.0261. The highest BCUT2D eigenvalue weighted by molar-refractivity contribution is 5.71. The third kappa shape index (κ3) is 55.8. The first-order chi connectivity index (χ1) is 34.5. The van der Waals surface area contributed by atoms with Gasteiger partial charge in [0.1, 0.15) is 13.2 Å². The molecule has 0 fully saturated rings. The molecular formula is C64H112O6. The molecule has 0 amide bonds. The third-order valence-electron chi connectivity index (χ3n) is 12.9. The summed E-state index contributed by atoms with van der Waals surface area (Å²) in [5.41, 5.74) is 0. The van der Waals surface area contributed by atoms with Gasteiger partial charge in [-0.1, -0.05) is 267 Å². The van der Waals surface area contributed by atoms with Crippen molar-refractivity contribution in [3.8, 4) is 0 Å². The molecule has 0 saturated carbocycles. The van der Waals surface area contributed by atoms with E-state index in [0.717, 1.165) is 109 Å². The van der Waals surface area contributed by atoms with Crippen molar-refractivity contribution in [1.29, 1.82) is 0 Å². The smallest absolute Gasteiger partial charge is 0.306 e. The van der Waals surface area contributed by atoms with Crippen molar-refractivity contribution in [2.75, 3.05) is 13.2 Å². The van der Waals surface area contributed by atoms with Crippen LogP contribution in [0.4, 0.5) is 0 Å². The molecule has 0 aromatic rings. The maximum absolute atomic E-state index is 12.9. The SMILES string of the molecule is CC/C=C\C/C=C\C/C=C\C/C=C\CCCCCCCCC(=O)OCC(COC(=O)CCCCCCC/C=C\C/C=C\CCCC)OC(=O)CCCCCCCCCCCCCCCCCCCCC. The molecule has 0 N–H and O–H groups in total. The van der Waals surface area contributed by atoms with Crippen molar-refractivity contribution < 1.29 is 28.6 Å². The second-order valence-electron chi connectivity index (χ2n) is 19.9. The van der Waals surface area contributed by atoms with Gasteiger partial charge in [0.2, 0.25) is 0 Å². The van der Waals surface area contributed by atoms with Gasteiger partial charge in [0.05, 0.1) is 0 Å². The van der Waals surface area contributed by atoms with E-state index >= 15 is 0 Å². The molecule has 404 valence electrons. The lowest BCUT2D eigenvalue weighted by Gasteiger charge is -2.18. The van der Waals surface area contributed by atoms with Gasteiger partial charge in [-0.3, -0.25) is 14.4 Å². The minimum absolute atomic E-state index is 0.0852. The van der Waals surface area contributed by atoms with Gasteiger partial charge in [-0.15, -0.1) is 0 Å². The van der Waals surface area contributed by atoms with Gasteiger partial charge in [-0.2, -0.15) is 0 Å². The average molecular weight is 978 g/mol. The number of allylic oxidation sites excluding steroid dienone is 12. The topological polar surface area (TPSA) is 78.9 Å². The monoisotopic (exact) mass is 977 g/mol. The van der Waals surface area contributed by atoms with Gasteiger partial charge >= 0.3 is 17.9 Å². The molecule has 6 nitrogen and oxygen atoms in total. The van der Waals surface area contributed by atoms with Crippen LogP contribution in [0, 0.1) is 0 Å². The zero-order chi connectivity index (χ0) is 50.7. The fraction of sp³-hybridized carbons (Fsp3) is 0.766. The Balaban J connectivity index is 4.38. The van der Waals surface area contributed by atoms with Crippen LogP contribution in [0.15, 0.2) is 72.9 Å². The fourth-order valence-electron chi connectivity index (χ4n) is 8.45. The molecule has 0 rings (SSSR count). The van der Waals surface area contributed by atoms with Crippen molar-refractivity contribution >= 4 is 17.9 Å². The van der Waals surface area contributed by atoms with Crippen LogP contribution in [0.2, 0.25) is 0 Å². The van der Waals surface area contributed by atoms with E-state index in [2.05, 4.69) is 93.7 Å². The highest BCUT2D eigenvalue weighted by Crippen LogP contribution is 2.16. The van der Waals surface area contributed by atoms with Crippen LogP contribution in [0.25, 0.3) is 0 Å². The summed E-state index contributed by atoms with van der Waals surface area (Å²) in [6.45, 7) is 6.50. The van der Waals surface area contributed by atoms with Crippen molar-refractivity contribution in [2.45, 2.75) is 303 Å². The molecule has 0 aliphatic carbocycles. The lowest BCUT2D eigenvalue weighted by molar-refractivity contribution is -0.167. The summed E-state index contributed by atoms with van der Waals surface area (Å²) < 4.78 is 16.9. The minimum Gasteiger partial charge on any atom is -0.462 e. The van der Waals surface area contributed by atoms with Crippen molar-refractivity contribution in [1.82, 2.24) is 0 Å². The van der Waals surface area contributed by atoms with Gasteiger partial charge in [-0.25, -0.2) is 0 Å². The van der Waals surface area contributed by atoms with Crippen LogP contribution in [0.1, 0.15) is 297 Å². The largest absolute Gasteiger partial charge is 0.462 e. The van der Waals surface area contributed by atoms with Gasteiger partial charge in [0.25, 0.3) is 0 Å². The Labute approximate surface area is 433 Å². The van der Waals surface area contributed by atoms with Crippen molar-refractivity contribution in [3.63, 3.8) is 0 Å². The first-order valence-electron chi connectivity index (χ1n) is 29.9. The van der Waals surface area contributed by atoms with Crippen LogP contribution in [0.5, 0.6) is 0 Å². The van der Waals surface area contributed by atoms with Gasteiger partial charge < -0.3 is 14.2 Å². The molecule has 1 atom stereocenters. The molecule has 0 aromatic heterocycles. The zero-order valence-corrected chi connectivity index (χ0v) is 46.3. The third-order valence-corrected chi connectivity index (χ3v) is 12.9. The number of unbranched alkanes of at least 4 members (excludes halogenated alkanes) is 31.